The Morgan fingerprint density at radius 3 is 2.06 bits per heavy atom. The van der Waals surface area contributed by atoms with Gasteiger partial charge in [0.15, 0.2) is 0 Å². The van der Waals surface area contributed by atoms with Crippen LogP contribution < -0.4 is 59.1 Å². The molecule has 0 spiro atoms. The van der Waals surface area contributed by atoms with E-state index in [1.165, 1.54) is 12.1 Å². The number of benzene rings is 4. The number of aromatic hydroxyl groups is 1. The molecule has 4 rings (SSSR count). The molecule has 0 fully saturated rings. The number of phenolic OH excluding ortho intramolecular Hbond substituents is 1. The molecule has 0 aromatic heterocycles. The smallest absolute Gasteiger partial charge is 1.00 e. The number of rotatable bonds is 4. The van der Waals surface area contributed by atoms with E-state index in [0.29, 0.717) is 11.8 Å². The summed E-state index contributed by atoms with van der Waals surface area (Å²) in [6.07, 6.45) is 0. The molecule has 9 nitrogen and oxygen atoms in total. The van der Waals surface area contributed by atoms with Gasteiger partial charge >= 0.3 is 59.1 Å². The zero-order valence-corrected chi connectivity index (χ0v) is 23.2. The Morgan fingerprint density at radius 1 is 0.727 bits per heavy atom. The third-order valence-corrected chi connectivity index (χ3v) is 6.32. The summed E-state index contributed by atoms with van der Waals surface area (Å²) in [5, 5.41) is 19.8. The third-order valence-electron chi connectivity index (χ3n) is 4.61. The first-order valence-corrected chi connectivity index (χ1v) is 11.6. The van der Waals surface area contributed by atoms with Gasteiger partial charge < -0.3 is 7.96 Å². The van der Waals surface area contributed by atoms with Crippen molar-refractivity contribution in [2.75, 3.05) is 0 Å². The van der Waals surface area contributed by atoms with Crippen molar-refractivity contribution in [3.63, 3.8) is 0 Å². The molecule has 0 aliphatic rings. The summed E-state index contributed by atoms with van der Waals surface area (Å²) in [6.45, 7) is 0. The average Bonchev–Trinajstić information content (AvgIpc) is 2.71. The standard InChI is InChI=1S/C20H14N2O7S2.2Na.2H/c23-17-9-8-13-10-14(30(24,25)26)11-18(31(27,28)29)19(13)20(17)22-21-16-7-3-5-12-4-1-2-6-15(12)16;;;;/h1-11,23H,(H,24,25,26)(H,27,28,29);;;;/q;2*+1;2*-1. The molecule has 0 radical (unpaired) electrons. The van der Waals surface area contributed by atoms with Gasteiger partial charge in [-0.1, -0.05) is 42.5 Å². The Kier molecular flexibility index (Phi) is 8.85. The second-order valence-electron chi connectivity index (χ2n) is 6.60. The number of phenols is 1. The largest absolute Gasteiger partial charge is 1.00 e. The van der Waals surface area contributed by atoms with E-state index in [9.17, 15) is 31.0 Å². The van der Waals surface area contributed by atoms with Crippen LogP contribution in [0.2, 0.25) is 0 Å². The maximum atomic E-state index is 12.0. The van der Waals surface area contributed by atoms with Crippen molar-refractivity contribution in [1.29, 1.82) is 0 Å². The molecule has 0 saturated carbocycles. The molecule has 162 valence electrons. The van der Waals surface area contributed by atoms with Crippen molar-refractivity contribution in [3.8, 4) is 5.75 Å². The van der Waals surface area contributed by atoms with E-state index in [2.05, 4.69) is 10.2 Å². The van der Waals surface area contributed by atoms with Crippen LogP contribution in [0.15, 0.2) is 86.7 Å². The van der Waals surface area contributed by atoms with Gasteiger partial charge in [-0.25, -0.2) is 0 Å². The fourth-order valence-corrected chi connectivity index (χ4v) is 4.59. The minimum absolute atomic E-state index is 0. The molecule has 0 bridgehead atoms. The van der Waals surface area contributed by atoms with Crippen LogP contribution in [0.25, 0.3) is 21.5 Å². The summed E-state index contributed by atoms with van der Waals surface area (Å²) >= 11 is 0. The molecule has 13 heteroatoms. The van der Waals surface area contributed by atoms with Gasteiger partial charge in [-0.05, 0) is 35.0 Å². The predicted molar refractivity (Wildman–Crippen MR) is 116 cm³/mol. The van der Waals surface area contributed by atoms with Crippen LogP contribution >= 0.6 is 0 Å². The molecule has 0 aliphatic heterocycles. The van der Waals surface area contributed by atoms with E-state index in [1.54, 1.807) is 12.1 Å². The summed E-state index contributed by atoms with van der Waals surface area (Å²) < 4.78 is 66.0. The summed E-state index contributed by atoms with van der Waals surface area (Å²) in [4.78, 5) is -1.59. The Bertz CT molecular complexity index is 1610. The number of hydrogen-bond acceptors (Lipinski definition) is 7. The molecule has 0 saturated heterocycles. The van der Waals surface area contributed by atoms with Gasteiger partial charge in [0.1, 0.15) is 16.3 Å². The molecule has 33 heavy (non-hydrogen) atoms. The zero-order chi connectivity index (χ0) is 22.4. The Balaban J connectivity index is 0.00000289. The summed E-state index contributed by atoms with van der Waals surface area (Å²) in [7, 11) is -9.73. The first-order valence-electron chi connectivity index (χ1n) is 8.70. The fraction of sp³-hybridized carbons (Fsp3) is 0. The Labute approximate surface area is 236 Å². The topological polar surface area (TPSA) is 154 Å². The van der Waals surface area contributed by atoms with Gasteiger partial charge in [0.05, 0.1) is 10.6 Å². The van der Waals surface area contributed by atoms with Crippen LogP contribution in [0.1, 0.15) is 2.85 Å². The van der Waals surface area contributed by atoms with E-state index < -0.39 is 35.8 Å². The fourth-order valence-electron chi connectivity index (χ4n) is 3.22. The van der Waals surface area contributed by atoms with Crippen molar-refractivity contribution in [2.24, 2.45) is 10.2 Å². The van der Waals surface area contributed by atoms with Crippen molar-refractivity contribution >= 4 is 53.2 Å². The molecule has 0 amide bonds. The molecule has 0 aliphatic carbocycles. The van der Waals surface area contributed by atoms with E-state index in [4.69, 9.17) is 0 Å². The van der Waals surface area contributed by atoms with Crippen LogP contribution in [-0.2, 0) is 20.2 Å². The molecule has 0 heterocycles. The normalized spacial score (nSPS) is 11.9. The molecule has 4 aromatic rings. The minimum Gasteiger partial charge on any atom is -1.00 e. The second kappa shape index (κ2) is 10.5. The quantitative estimate of drug-likeness (QED) is 0.179. The monoisotopic (exact) mass is 506 g/mol. The van der Waals surface area contributed by atoms with E-state index >= 15 is 0 Å². The van der Waals surface area contributed by atoms with Crippen molar-refractivity contribution in [1.82, 2.24) is 0 Å². The van der Waals surface area contributed by atoms with Crippen LogP contribution in [-0.4, -0.2) is 31.0 Å². The number of nitrogens with zero attached hydrogens (tertiary/aromatic N) is 2. The second-order valence-corrected chi connectivity index (χ2v) is 9.41. The molecule has 3 N–H and O–H groups in total. The predicted octanol–water partition coefficient (Wildman–Crippen LogP) is -1.16. The maximum absolute atomic E-state index is 12.0. The van der Waals surface area contributed by atoms with Crippen molar-refractivity contribution in [3.05, 3.63) is 66.7 Å². The first-order chi connectivity index (χ1) is 14.6. The van der Waals surface area contributed by atoms with E-state index in [1.807, 2.05) is 30.3 Å². The molecular weight excluding hydrogens is 490 g/mol. The Morgan fingerprint density at radius 2 is 1.39 bits per heavy atom. The summed E-state index contributed by atoms with van der Waals surface area (Å²) in [6, 6.07) is 16.6. The molecule has 0 unspecified atom stereocenters. The molecular formula is C20H16N2Na2O7S2. The van der Waals surface area contributed by atoms with Gasteiger partial charge in [-0.15, -0.1) is 10.2 Å². The van der Waals surface area contributed by atoms with Gasteiger partial charge in [-0.3, -0.25) is 9.11 Å². The Hall–Kier alpha value is -1.38. The minimum atomic E-state index is -4.96. The summed E-state index contributed by atoms with van der Waals surface area (Å²) in [5.41, 5.74) is 0.150. The van der Waals surface area contributed by atoms with E-state index in [-0.39, 0.29) is 78.4 Å². The molecule has 4 aromatic carbocycles. The van der Waals surface area contributed by atoms with Crippen LogP contribution in [0.3, 0.4) is 0 Å². The van der Waals surface area contributed by atoms with Crippen LogP contribution in [0.5, 0.6) is 5.75 Å². The van der Waals surface area contributed by atoms with Gasteiger partial charge in [0.25, 0.3) is 20.2 Å². The van der Waals surface area contributed by atoms with E-state index in [0.717, 1.165) is 16.8 Å². The molecule has 0 atom stereocenters. The number of hydrogen-bond donors (Lipinski definition) is 3. The van der Waals surface area contributed by atoms with Crippen molar-refractivity contribution in [2.45, 2.75) is 9.79 Å². The average molecular weight is 506 g/mol. The van der Waals surface area contributed by atoms with Gasteiger partial charge in [0.2, 0.25) is 0 Å². The van der Waals surface area contributed by atoms with Crippen molar-refractivity contribution < 1.29 is 93.0 Å². The van der Waals surface area contributed by atoms with Gasteiger partial charge in [0, 0.05) is 10.8 Å². The first kappa shape index (κ1) is 27.9. The van der Waals surface area contributed by atoms with Crippen LogP contribution in [0.4, 0.5) is 11.4 Å². The SMILES string of the molecule is O=S(=O)(O)c1cc(S(=O)(=O)O)c2c(N=Nc3cccc4ccccc34)c(O)ccc2c1.[H-].[H-].[Na+].[Na+]. The van der Waals surface area contributed by atoms with Gasteiger partial charge in [-0.2, -0.15) is 16.8 Å². The zero-order valence-electron chi connectivity index (χ0n) is 19.5. The third kappa shape index (κ3) is 5.82. The summed E-state index contributed by atoms with van der Waals surface area (Å²) in [5.74, 6) is -0.444. The number of fused-ring (bicyclic) bond motifs is 2. The van der Waals surface area contributed by atoms with Crippen LogP contribution in [0, 0.1) is 0 Å². The number of azo groups is 1. The maximum Gasteiger partial charge on any atom is 1.00 e.